The van der Waals surface area contributed by atoms with Gasteiger partial charge in [-0.05, 0) is 36.5 Å². The predicted octanol–water partition coefficient (Wildman–Crippen LogP) is 2.32. The summed E-state index contributed by atoms with van der Waals surface area (Å²) < 4.78 is 0. The number of likely N-dealkylation sites (tertiary alicyclic amines) is 1. The molecule has 4 rings (SSSR count). The van der Waals surface area contributed by atoms with Crippen LogP contribution < -0.4 is 0 Å². The number of hydrogen-bond acceptors (Lipinski definition) is 1. The lowest BCUT2D eigenvalue weighted by Gasteiger charge is -2.40. The van der Waals surface area contributed by atoms with Crippen LogP contribution in [-0.2, 0) is 0 Å². The molecule has 1 saturated heterocycles. The predicted molar refractivity (Wildman–Crippen MR) is 59.0 cm³/mol. The first-order valence-electron chi connectivity index (χ1n) is 5.90. The summed E-state index contributed by atoms with van der Waals surface area (Å²) >= 11 is 0. The molecule has 0 radical (unpaired) electrons. The van der Waals surface area contributed by atoms with Gasteiger partial charge >= 0.3 is 0 Å². The SMILES string of the molecule is C=CCN1CC2C3C=CC(CC3)C2C1. The number of hydrogen-bond donors (Lipinski definition) is 0. The maximum atomic E-state index is 3.84. The molecule has 0 aromatic rings. The minimum absolute atomic E-state index is 0.903. The van der Waals surface area contributed by atoms with Crippen LogP contribution in [0.2, 0.25) is 0 Å². The maximum absolute atomic E-state index is 3.84. The van der Waals surface area contributed by atoms with Gasteiger partial charge in [0.25, 0.3) is 0 Å². The molecule has 0 aromatic heterocycles. The summed E-state index contributed by atoms with van der Waals surface area (Å²) in [4.78, 5) is 2.58. The van der Waals surface area contributed by atoms with E-state index < -0.39 is 0 Å². The van der Waals surface area contributed by atoms with Crippen molar-refractivity contribution in [3.63, 3.8) is 0 Å². The molecule has 1 aliphatic heterocycles. The Labute approximate surface area is 86.5 Å². The van der Waals surface area contributed by atoms with Crippen molar-refractivity contribution in [2.45, 2.75) is 12.8 Å². The zero-order valence-electron chi connectivity index (χ0n) is 8.73. The lowest BCUT2D eigenvalue weighted by atomic mass is 9.64. The Hall–Kier alpha value is -0.560. The summed E-state index contributed by atoms with van der Waals surface area (Å²) in [5.41, 5.74) is 0. The van der Waals surface area contributed by atoms with E-state index in [0.717, 1.165) is 30.2 Å². The molecule has 76 valence electrons. The van der Waals surface area contributed by atoms with Crippen LogP contribution in [0, 0.1) is 23.7 Å². The van der Waals surface area contributed by atoms with Crippen LogP contribution in [0.3, 0.4) is 0 Å². The highest BCUT2D eigenvalue weighted by Gasteiger charge is 2.45. The van der Waals surface area contributed by atoms with E-state index in [4.69, 9.17) is 0 Å². The quantitative estimate of drug-likeness (QED) is 0.603. The fraction of sp³-hybridized carbons (Fsp3) is 0.692. The first-order chi connectivity index (χ1) is 6.88. The van der Waals surface area contributed by atoms with Crippen LogP contribution in [0.4, 0.5) is 0 Å². The Balaban J connectivity index is 1.77. The van der Waals surface area contributed by atoms with Gasteiger partial charge in [-0.3, -0.25) is 4.90 Å². The van der Waals surface area contributed by atoms with Crippen molar-refractivity contribution in [3.05, 3.63) is 24.8 Å². The van der Waals surface area contributed by atoms with Crippen LogP contribution in [0.5, 0.6) is 0 Å². The van der Waals surface area contributed by atoms with Crippen molar-refractivity contribution in [2.24, 2.45) is 23.7 Å². The van der Waals surface area contributed by atoms with E-state index in [9.17, 15) is 0 Å². The summed E-state index contributed by atoms with van der Waals surface area (Å²) in [6.45, 7) is 7.57. The van der Waals surface area contributed by atoms with Gasteiger partial charge in [0.15, 0.2) is 0 Å². The molecule has 1 nitrogen and oxygen atoms in total. The highest BCUT2D eigenvalue weighted by molar-refractivity contribution is 5.12. The Bertz CT molecular complexity index is 246. The van der Waals surface area contributed by atoms with Crippen molar-refractivity contribution in [3.8, 4) is 0 Å². The van der Waals surface area contributed by atoms with Gasteiger partial charge in [-0.15, -0.1) is 6.58 Å². The fourth-order valence-electron chi connectivity index (χ4n) is 3.76. The lowest BCUT2D eigenvalue weighted by molar-refractivity contribution is 0.169. The normalized spacial score (nSPS) is 45.4. The summed E-state index contributed by atoms with van der Waals surface area (Å²) in [6, 6.07) is 0. The average molecular weight is 189 g/mol. The smallest absolute Gasteiger partial charge is 0.0160 e. The first kappa shape index (κ1) is 8.72. The van der Waals surface area contributed by atoms with Crippen LogP contribution in [0.25, 0.3) is 0 Å². The number of fused-ring (bicyclic) bond motifs is 1. The molecule has 0 N–H and O–H groups in total. The third-order valence-corrected chi connectivity index (χ3v) is 4.41. The number of rotatable bonds is 2. The van der Waals surface area contributed by atoms with Gasteiger partial charge in [0.05, 0.1) is 0 Å². The summed E-state index contributed by atoms with van der Waals surface area (Å²) in [5, 5.41) is 0. The second-order valence-corrected chi connectivity index (χ2v) is 5.12. The molecular formula is C13H19N. The highest BCUT2D eigenvalue weighted by Crippen LogP contribution is 2.48. The molecule has 2 bridgehead atoms. The van der Waals surface area contributed by atoms with Gasteiger partial charge in [0.1, 0.15) is 0 Å². The third-order valence-electron chi connectivity index (χ3n) is 4.41. The number of allylic oxidation sites excluding steroid dienone is 2. The molecule has 2 fully saturated rings. The molecular weight excluding hydrogens is 170 g/mol. The lowest BCUT2D eigenvalue weighted by Crippen LogP contribution is -2.35. The van der Waals surface area contributed by atoms with Gasteiger partial charge in [0.2, 0.25) is 0 Å². The second-order valence-electron chi connectivity index (χ2n) is 5.12. The second kappa shape index (κ2) is 3.23. The minimum Gasteiger partial charge on any atom is -0.299 e. The topological polar surface area (TPSA) is 3.24 Å². The van der Waals surface area contributed by atoms with Crippen LogP contribution in [0.15, 0.2) is 24.8 Å². The molecule has 0 spiro atoms. The monoisotopic (exact) mass is 189 g/mol. The Morgan fingerprint density at radius 2 is 1.71 bits per heavy atom. The fourth-order valence-corrected chi connectivity index (χ4v) is 3.76. The zero-order chi connectivity index (χ0) is 9.54. The molecule has 4 atom stereocenters. The summed E-state index contributed by atoms with van der Waals surface area (Å²) in [6.07, 6.45) is 9.93. The van der Waals surface area contributed by atoms with E-state index in [1.807, 2.05) is 6.08 Å². The van der Waals surface area contributed by atoms with E-state index in [0.29, 0.717) is 0 Å². The van der Waals surface area contributed by atoms with Gasteiger partial charge < -0.3 is 0 Å². The van der Waals surface area contributed by atoms with E-state index in [1.165, 1.54) is 25.9 Å². The number of nitrogens with zero attached hydrogens (tertiary/aromatic N) is 1. The van der Waals surface area contributed by atoms with Gasteiger partial charge in [-0.1, -0.05) is 18.2 Å². The molecule has 1 heteroatoms. The molecule has 1 saturated carbocycles. The maximum Gasteiger partial charge on any atom is 0.0160 e. The zero-order valence-corrected chi connectivity index (χ0v) is 8.73. The summed E-state index contributed by atoms with van der Waals surface area (Å²) in [7, 11) is 0. The van der Waals surface area contributed by atoms with Crippen LogP contribution >= 0.6 is 0 Å². The largest absolute Gasteiger partial charge is 0.299 e. The Morgan fingerprint density at radius 1 is 1.14 bits per heavy atom. The van der Waals surface area contributed by atoms with Gasteiger partial charge in [0, 0.05) is 19.6 Å². The molecule has 1 heterocycles. The minimum atomic E-state index is 0.903. The molecule has 0 amide bonds. The van der Waals surface area contributed by atoms with Crippen LogP contribution in [0.1, 0.15) is 12.8 Å². The average Bonchev–Trinajstić information content (AvgIpc) is 2.65. The standard InChI is InChI=1S/C13H19N/c1-2-7-14-8-12-10-3-4-11(6-5-10)13(12)9-14/h2-4,10-13H,1,5-9H2. The van der Waals surface area contributed by atoms with E-state index in [-0.39, 0.29) is 0 Å². The van der Waals surface area contributed by atoms with Crippen LogP contribution in [-0.4, -0.2) is 24.5 Å². The molecule has 0 aromatic carbocycles. The summed E-state index contributed by atoms with van der Waals surface area (Å²) in [5.74, 6) is 3.75. The van der Waals surface area contributed by atoms with Gasteiger partial charge in [-0.25, -0.2) is 0 Å². The van der Waals surface area contributed by atoms with Crippen molar-refractivity contribution in [1.82, 2.24) is 4.90 Å². The van der Waals surface area contributed by atoms with Crippen molar-refractivity contribution < 1.29 is 0 Å². The molecule has 14 heavy (non-hydrogen) atoms. The highest BCUT2D eigenvalue weighted by atomic mass is 15.2. The van der Waals surface area contributed by atoms with E-state index in [1.54, 1.807) is 0 Å². The third kappa shape index (κ3) is 1.18. The Morgan fingerprint density at radius 3 is 2.14 bits per heavy atom. The van der Waals surface area contributed by atoms with E-state index in [2.05, 4.69) is 23.6 Å². The Kier molecular flexibility index (Phi) is 2.01. The van der Waals surface area contributed by atoms with Crippen molar-refractivity contribution in [2.75, 3.05) is 19.6 Å². The van der Waals surface area contributed by atoms with Crippen molar-refractivity contribution in [1.29, 1.82) is 0 Å². The van der Waals surface area contributed by atoms with E-state index >= 15 is 0 Å². The van der Waals surface area contributed by atoms with Crippen molar-refractivity contribution >= 4 is 0 Å². The molecule has 4 unspecified atom stereocenters. The van der Waals surface area contributed by atoms with Gasteiger partial charge in [-0.2, -0.15) is 0 Å². The molecule has 3 aliphatic carbocycles. The first-order valence-corrected chi connectivity index (χ1v) is 5.90. The molecule has 4 aliphatic rings.